The minimum atomic E-state index is -0.346. The van der Waals surface area contributed by atoms with Gasteiger partial charge in [0.05, 0.1) is 11.9 Å². The highest BCUT2D eigenvalue weighted by Gasteiger charge is 2.14. The highest BCUT2D eigenvalue weighted by atomic mass is 16.3. The van der Waals surface area contributed by atoms with Crippen LogP contribution in [0.4, 0.5) is 5.69 Å². The molecule has 0 fully saturated rings. The number of aryl methyl sites for hydroxylation is 2. The molecule has 0 radical (unpaired) electrons. The van der Waals surface area contributed by atoms with Gasteiger partial charge < -0.3 is 9.67 Å². The van der Waals surface area contributed by atoms with E-state index in [9.17, 15) is 9.90 Å². The minimum absolute atomic E-state index is 0.00177. The van der Waals surface area contributed by atoms with E-state index in [1.165, 1.54) is 0 Å². The largest absolute Gasteiger partial charge is 0.493 e. The van der Waals surface area contributed by atoms with Crippen LogP contribution in [-0.2, 0) is 18.3 Å². The van der Waals surface area contributed by atoms with Crippen LogP contribution in [0, 0.1) is 6.92 Å². The second-order valence-corrected chi connectivity index (χ2v) is 5.50. The highest BCUT2D eigenvalue weighted by Crippen LogP contribution is 2.37. The molecule has 23 heavy (non-hydrogen) atoms. The van der Waals surface area contributed by atoms with Crippen molar-refractivity contribution in [3.8, 4) is 5.88 Å². The Labute approximate surface area is 133 Å². The van der Waals surface area contributed by atoms with Crippen molar-refractivity contribution in [1.82, 2.24) is 4.57 Å². The molecule has 5 nitrogen and oxygen atoms in total. The lowest BCUT2D eigenvalue weighted by atomic mass is 10.1. The van der Waals surface area contributed by atoms with E-state index >= 15 is 0 Å². The maximum Gasteiger partial charge on any atom is 0.269 e. The number of carbonyl (C=O) groups excluding carboxylic acids is 1. The molecule has 3 rings (SSSR count). The molecule has 1 N–H and O–H groups in total. The van der Waals surface area contributed by atoms with Crippen LogP contribution in [0.15, 0.2) is 58.8 Å². The summed E-state index contributed by atoms with van der Waals surface area (Å²) in [4.78, 5) is 12.0. The number of hydrogen-bond donors (Lipinski definition) is 1. The molecule has 0 aliphatic rings. The Morgan fingerprint density at radius 2 is 1.83 bits per heavy atom. The SMILES string of the molecule is Cc1ccc(CC(=O)N=Nc2c(O)n(C)c3ccccc23)cc1. The van der Waals surface area contributed by atoms with Gasteiger partial charge in [0, 0.05) is 12.4 Å². The topological polar surface area (TPSA) is 66.9 Å². The van der Waals surface area contributed by atoms with Gasteiger partial charge in [-0.2, -0.15) is 0 Å². The van der Waals surface area contributed by atoms with E-state index in [2.05, 4.69) is 10.2 Å². The van der Waals surface area contributed by atoms with Crippen LogP contribution in [0.5, 0.6) is 5.88 Å². The minimum Gasteiger partial charge on any atom is -0.493 e. The average Bonchev–Trinajstić information content (AvgIpc) is 2.80. The molecule has 0 saturated carbocycles. The first-order valence-electron chi connectivity index (χ1n) is 7.33. The summed E-state index contributed by atoms with van der Waals surface area (Å²) < 4.78 is 1.62. The zero-order chi connectivity index (χ0) is 16.4. The molecule has 0 saturated heterocycles. The van der Waals surface area contributed by atoms with Crippen molar-refractivity contribution in [1.29, 1.82) is 0 Å². The van der Waals surface area contributed by atoms with Crippen molar-refractivity contribution in [3.05, 3.63) is 59.7 Å². The molecule has 1 amide bonds. The first-order valence-corrected chi connectivity index (χ1v) is 7.33. The Morgan fingerprint density at radius 3 is 2.57 bits per heavy atom. The lowest BCUT2D eigenvalue weighted by Gasteiger charge is -1.98. The van der Waals surface area contributed by atoms with Gasteiger partial charge >= 0.3 is 0 Å². The highest BCUT2D eigenvalue weighted by molar-refractivity contribution is 5.95. The molecule has 0 bridgehead atoms. The Kier molecular flexibility index (Phi) is 3.93. The maximum absolute atomic E-state index is 12.0. The van der Waals surface area contributed by atoms with E-state index < -0.39 is 0 Å². The number of amides is 1. The van der Waals surface area contributed by atoms with Gasteiger partial charge in [-0.1, -0.05) is 48.0 Å². The number of fused-ring (bicyclic) bond motifs is 1. The Balaban J connectivity index is 1.84. The number of hydrogen-bond acceptors (Lipinski definition) is 3. The van der Waals surface area contributed by atoms with E-state index in [4.69, 9.17) is 0 Å². The predicted octanol–water partition coefficient (Wildman–Crippen LogP) is 4.05. The standard InChI is InChI=1S/C18H17N3O2/c1-12-7-9-13(10-8-12)11-16(22)19-20-17-14-5-3-4-6-15(14)21(2)18(17)23/h3-10,23H,11H2,1-2H3. The number of rotatable bonds is 3. The molecule has 1 heterocycles. The second-order valence-electron chi connectivity index (χ2n) is 5.50. The Morgan fingerprint density at radius 1 is 1.13 bits per heavy atom. The number of para-hydroxylation sites is 1. The zero-order valence-electron chi connectivity index (χ0n) is 13.0. The normalized spacial score (nSPS) is 11.4. The summed E-state index contributed by atoms with van der Waals surface area (Å²) in [5, 5.41) is 18.6. The van der Waals surface area contributed by atoms with Gasteiger partial charge in [-0.25, -0.2) is 0 Å². The van der Waals surface area contributed by atoms with Crippen molar-refractivity contribution < 1.29 is 9.90 Å². The number of aromatic hydroxyl groups is 1. The van der Waals surface area contributed by atoms with E-state index in [0.29, 0.717) is 5.69 Å². The van der Waals surface area contributed by atoms with Crippen LogP contribution < -0.4 is 0 Å². The summed E-state index contributed by atoms with van der Waals surface area (Å²) in [7, 11) is 1.74. The number of carbonyl (C=O) groups is 1. The third-order valence-corrected chi connectivity index (χ3v) is 3.79. The number of aromatic nitrogens is 1. The average molecular weight is 307 g/mol. The second kappa shape index (κ2) is 6.04. The molecule has 1 aromatic heterocycles. The molecule has 0 aliphatic heterocycles. The van der Waals surface area contributed by atoms with Gasteiger partial charge in [-0.05, 0) is 18.6 Å². The van der Waals surface area contributed by atoms with Crippen LogP contribution in [0.2, 0.25) is 0 Å². The summed E-state index contributed by atoms with van der Waals surface area (Å²) >= 11 is 0. The monoisotopic (exact) mass is 307 g/mol. The van der Waals surface area contributed by atoms with Gasteiger partial charge in [0.2, 0.25) is 5.88 Å². The lowest BCUT2D eigenvalue weighted by molar-refractivity contribution is -0.117. The molecule has 0 atom stereocenters. The van der Waals surface area contributed by atoms with Crippen molar-refractivity contribution in [3.63, 3.8) is 0 Å². The summed E-state index contributed by atoms with van der Waals surface area (Å²) in [5.74, 6) is -0.348. The van der Waals surface area contributed by atoms with Crippen molar-refractivity contribution in [2.45, 2.75) is 13.3 Å². The Bertz CT molecular complexity index is 893. The van der Waals surface area contributed by atoms with E-state index in [-0.39, 0.29) is 18.2 Å². The molecule has 116 valence electrons. The summed E-state index contributed by atoms with van der Waals surface area (Å²) in [6, 6.07) is 15.2. The zero-order valence-corrected chi connectivity index (χ0v) is 13.0. The van der Waals surface area contributed by atoms with Crippen LogP contribution in [0.1, 0.15) is 11.1 Å². The molecular formula is C18H17N3O2. The summed E-state index contributed by atoms with van der Waals surface area (Å²) in [5.41, 5.74) is 3.19. The molecular weight excluding hydrogens is 290 g/mol. The molecule has 0 spiro atoms. The molecule has 0 aliphatic carbocycles. The van der Waals surface area contributed by atoms with Crippen LogP contribution >= 0.6 is 0 Å². The summed E-state index contributed by atoms with van der Waals surface area (Å²) in [6.45, 7) is 1.99. The van der Waals surface area contributed by atoms with Crippen LogP contribution in [0.25, 0.3) is 10.9 Å². The van der Waals surface area contributed by atoms with Gasteiger partial charge in [0.1, 0.15) is 0 Å². The van der Waals surface area contributed by atoms with Crippen LogP contribution in [-0.4, -0.2) is 15.6 Å². The first-order chi connectivity index (χ1) is 11.1. The van der Waals surface area contributed by atoms with Crippen LogP contribution in [0.3, 0.4) is 0 Å². The molecule has 2 aromatic carbocycles. The fraction of sp³-hybridized carbons (Fsp3) is 0.167. The third-order valence-electron chi connectivity index (χ3n) is 3.79. The third kappa shape index (κ3) is 2.99. The first kappa shape index (κ1) is 15.0. The summed E-state index contributed by atoms with van der Waals surface area (Å²) in [6.07, 6.45) is 0.190. The Hall–Kier alpha value is -2.95. The van der Waals surface area contributed by atoms with Crippen molar-refractivity contribution in [2.24, 2.45) is 17.3 Å². The number of nitrogens with zero attached hydrogens (tertiary/aromatic N) is 3. The molecule has 3 aromatic rings. The maximum atomic E-state index is 12.0. The van der Waals surface area contributed by atoms with E-state index in [1.807, 2.05) is 55.5 Å². The van der Waals surface area contributed by atoms with E-state index in [0.717, 1.165) is 22.0 Å². The lowest BCUT2D eigenvalue weighted by Crippen LogP contribution is -1.97. The van der Waals surface area contributed by atoms with Gasteiger partial charge in [0.15, 0.2) is 5.69 Å². The van der Waals surface area contributed by atoms with Crippen molar-refractivity contribution >= 4 is 22.5 Å². The van der Waals surface area contributed by atoms with E-state index in [1.54, 1.807) is 11.6 Å². The number of benzene rings is 2. The smallest absolute Gasteiger partial charge is 0.269 e. The number of azo groups is 1. The van der Waals surface area contributed by atoms with Gasteiger partial charge in [-0.3, -0.25) is 4.79 Å². The fourth-order valence-corrected chi connectivity index (χ4v) is 2.48. The predicted molar refractivity (Wildman–Crippen MR) is 89.0 cm³/mol. The van der Waals surface area contributed by atoms with Gasteiger partial charge in [0.25, 0.3) is 5.91 Å². The van der Waals surface area contributed by atoms with Gasteiger partial charge in [-0.15, -0.1) is 10.2 Å². The fourth-order valence-electron chi connectivity index (χ4n) is 2.48. The van der Waals surface area contributed by atoms with Crippen molar-refractivity contribution in [2.75, 3.05) is 0 Å². The quantitative estimate of drug-likeness (QED) is 0.742. The molecule has 5 heteroatoms. The molecule has 0 unspecified atom stereocenters.